The Hall–Kier alpha value is -3.75. The molecule has 1 aromatic carbocycles. The molecule has 0 bridgehead atoms. The molecule has 3 unspecified atom stereocenters. The minimum atomic E-state index is -1.30. The number of ether oxygens (including phenoxy) is 3. The van der Waals surface area contributed by atoms with E-state index in [1.165, 1.54) is 24.3 Å². The second-order valence-electron chi connectivity index (χ2n) is 7.90. The SMILES string of the molecule is CCOC(=O)CCC(NC(=O)C(N)c1ccc(N([O-])O)cc1)C(=O)NC(CCC(=O)OCC)C(=O)OCC. The highest BCUT2D eigenvalue weighted by atomic mass is 16.8. The van der Waals surface area contributed by atoms with Crippen LogP contribution >= 0.6 is 0 Å². The number of amides is 2. The molecular weight excluding hydrogens is 504 g/mol. The van der Waals surface area contributed by atoms with Gasteiger partial charge in [0, 0.05) is 12.8 Å². The van der Waals surface area contributed by atoms with Crippen molar-refractivity contribution < 1.29 is 43.4 Å². The van der Waals surface area contributed by atoms with E-state index in [0.29, 0.717) is 0 Å². The van der Waals surface area contributed by atoms with Gasteiger partial charge in [-0.25, -0.2) is 4.79 Å². The number of carbonyl (C=O) groups is 5. The second kappa shape index (κ2) is 16.9. The molecule has 0 fully saturated rings. The van der Waals surface area contributed by atoms with Crippen molar-refractivity contribution in [2.75, 3.05) is 25.0 Å². The molecule has 3 atom stereocenters. The van der Waals surface area contributed by atoms with E-state index in [-0.39, 0.29) is 62.0 Å². The molecule has 212 valence electrons. The normalized spacial score (nSPS) is 12.9. The van der Waals surface area contributed by atoms with Crippen molar-refractivity contribution in [1.82, 2.24) is 10.6 Å². The van der Waals surface area contributed by atoms with Crippen LogP contribution in [0.1, 0.15) is 58.1 Å². The van der Waals surface area contributed by atoms with Gasteiger partial charge in [0.25, 0.3) is 0 Å². The number of nitrogens with two attached hydrogens (primary N) is 1. The molecule has 0 aromatic heterocycles. The summed E-state index contributed by atoms with van der Waals surface area (Å²) in [5.41, 5.74) is 6.19. The first-order valence-electron chi connectivity index (χ1n) is 12.1. The van der Waals surface area contributed by atoms with E-state index in [1.807, 2.05) is 0 Å². The Morgan fingerprint density at radius 3 is 1.79 bits per heavy atom. The van der Waals surface area contributed by atoms with Gasteiger partial charge in [0.15, 0.2) is 0 Å². The highest BCUT2D eigenvalue weighted by Crippen LogP contribution is 2.17. The lowest BCUT2D eigenvalue weighted by Gasteiger charge is -2.24. The summed E-state index contributed by atoms with van der Waals surface area (Å²) < 4.78 is 14.7. The smallest absolute Gasteiger partial charge is 0.328 e. The lowest BCUT2D eigenvalue weighted by atomic mass is 10.0. The molecule has 0 aliphatic carbocycles. The van der Waals surface area contributed by atoms with Gasteiger partial charge in [-0.05, 0) is 51.3 Å². The molecule has 0 radical (unpaired) electrons. The molecule has 0 saturated carbocycles. The predicted molar refractivity (Wildman–Crippen MR) is 133 cm³/mol. The second-order valence-corrected chi connectivity index (χ2v) is 7.90. The van der Waals surface area contributed by atoms with Crippen LogP contribution in [0.2, 0.25) is 0 Å². The Labute approximate surface area is 220 Å². The molecule has 1 rings (SSSR count). The van der Waals surface area contributed by atoms with E-state index >= 15 is 0 Å². The van der Waals surface area contributed by atoms with Crippen LogP contribution in [0, 0.1) is 5.21 Å². The van der Waals surface area contributed by atoms with Crippen LogP contribution < -0.4 is 21.6 Å². The standard InChI is InChI=1S/C24H35N4O10/c1-4-36-19(29)13-11-17(26-23(32)21(25)15-7-9-16(10-8-15)28(34)35)22(31)27-18(24(33)38-6-3)12-14-20(30)37-5-2/h7-10,17-18,21,34H,4-6,11-14,25H2,1-3H3,(H,26,32)(H,27,31)/q-1. The molecule has 0 saturated heterocycles. The summed E-state index contributed by atoms with van der Waals surface area (Å²) in [6.07, 6.45) is -0.688. The number of anilines is 1. The number of benzene rings is 1. The van der Waals surface area contributed by atoms with Crippen LogP contribution in [0.15, 0.2) is 24.3 Å². The van der Waals surface area contributed by atoms with Gasteiger partial charge in [-0.3, -0.25) is 24.4 Å². The maximum absolute atomic E-state index is 13.1. The minimum Gasteiger partial charge on any atom is -0.733 e. The van der Waals surface area contributed by atoms with Gasteiger partial charge < -0.3 is 41.0 Å². The van der Waals surface area contributed by atoms with Crippen molar-refractivity contribution in [2.45, 2.75) is 64.6 Å². The first-order valence-corrected chi connectivity index (χ1v) is 12.1. The highest BCUT2D eigenvalue weighted by molar-refractivity contribution is 5.92. The zero-order valence-corrected chi connectivity index (χ0v) is 21.6. The number of nitrogens with one attached hydrogen (secondary N) is 2. The van der Waals surface area contributed by atoms with E-state index in [1.54, 1.807) is 20.8 Å². The van der Waals surface area contributed by atoms with Crippen molar-refractivity contribution in [3.63, 3.8) is 0 Å². The zero-order valence-electron chi connectivity index (χ0n) is 21.6. The van der Waals surface area contributed by atoms with Crippen molar-refractivity contribution in [3.8, 4) is 0 Å². The quantitative estimate of drug-likeness (QED) is 0.129. The van der Waals surface area contributed by atoms with Crippen LogP contribution in [0.4, 0.5) is 5.69 Å². The van der Waals surface area contributed by atoms with Crippen LogP contribution in [-0.4, -0.2) is 66.8 Å². The third-order valence-electron chi connectivity index (χ3n) is 5.16. The van der Waals surface area contributed by atoms with Crippen molar-refractivity contribution in [2.24, 2.45) is 5.73 Å². The average molecular weight is 540 g/mol. The van der Waals surface area contributed by atoms with Crippen molar-refractivity contribution in [1.29, 1.82) is 0 Å². The Balaban J connectivity index is 3.04. The molecule has 1 aromatic rings. The third-order valence-corrected chi connectivity index (χ3v) is 5.16. The summed E-state index contributed by atoms with van der Waals surface area (Å²) in [6.45, 7) is 5.12. The Morgan fingerprint density at radius 1 is 0.842 bits per heavy atom. The van der Waals surface area contributed by atoms with E-state index < -0.39 is 47.8 Å². The van der Waals surface area contributed by atoms with Crippen LogP contribution in [0.5, 0.6) is 0 Å². The number of esters is 3. The summed E-state index contributed by atoms with van der Waals surface area (Å²) in [5.74, 6) is -3.55. The molecule has 5 N–H and O–H groups in total. The lowest BCUT2D eigenvalue weighted by molar-refractivity contribution is -0.149. The molecule has 0 aliphatic heterocycles. The van der Waals surface area contributed by atoms with Gasteiger partial charge in [-0.1, -0.05) is 12.1 Å². The van der Waals surface area contributed by atoms with E-state index in [9.17, 15) is 29.2 Å². The predicted octanol–water partition coefficient (Wildman–Crippen LogP) is 0.599. The highest BCUT2D eigenvalue weighted by Gasteiger charge is 2.30. The Morgan fingerprint density at radius 2 is 1.32 bits per heavy atom. The number of hydrogen-bond donors (Lipinski definition) is 4. The molecule has 14 heteroatoms. The maximum atomic E-state index is 13.1. The van der Waals surface area contributed by atoms with Gasteiger partial charge in [-0.15, -0.1) is 0 Å². The molecule has 0 aliphatic rings. The number of hydrogen-bond acceptors (Lipinski definition) is 12. The van der Waals surface area contributed by atoms with Crippen LogP contribution in [-0.2, 0) is 38.2 Å². The summed E-state index contributed by atoms with van der Waals surface area (Å²) in [4.78, 5) is 62.0. The summed E-state index contributed by atoms with van der Waals surface area (Å²) >= 11 is 0. The van der Waals surface area contributed by atoms with Gasteiger partial charge in [0.1, 0.15) is 18.1 Å². The van der Waals surface area contributed by atoms with Crippen LogP contribution in [0.3, 0.4) is 0 Å². The largest absolute Gasteiger partial charge is 0.733 e. The summed E-state index contributed by atoms with van der Waals surface area (Å²) in [6, 6.07) is 1.39. The van der Waals surface area contributed by atoms with Gasteiger partial charge >= 0.3 is 17.9 Å². The lowest BCUT2D eigenvalue weighted by Crippen LogP contribution is -2.53. The Kier molecular flexibility index (Phi) is 14.3. The monoisotopic (exact) mass is 539 g/mol. The first kappa shape index (κ1) is 32.3. The number of nitrogens with zero attached hydrogens (tertiary/aromatic N) is 1. The van der Waals surface area contributed by atoms with Gasteiger partial charge in [0.05, 0.1) is 25.5 Å². The molecule has 0 heterocycles. The van der Waals surface area contributed by atoms with E-state index in [2.05, 4.69) is 10.6 Å². The van der Waals surface area contributed by atoms with Crippen molar-refractivity contribution in [3.05, 3.63) is 35.0 Å². The van der Waals surface area contributed by atoms with Crippen molar-refractivity contribution >= 4 is 35.4 Å². The fourth-order valence-electron chi connectivity index (χ4n) is 3.25. The van der Waals surface area contributed by atoms with Gasteiger partial charge in [-0.2, -0.15) is 0 Å². The minimum absolute atomic E-state index is 0.0294. The molecular formula is C24H35N4O10-. The first-order chi connectivity index (χ1) is 18.0. The molecule has 0 spiro atoms. The summed E-state index contributed by atoms with van der Waals surface area (Å²) in [7, 11) is 0. The van der Waals surface area contributed by atoms with Crippen LogP contribution in [0.25, 0.3) is 0 Å². The van der Waals surface area contributed by atoms with Gasteiger partial charge in [0.2, 0.25) is 11.8 Å². The fraction of sp³-hybridized carbons (Fsp3) is 0.542. The van der Waals surface area contributed by atoms with E-state index in [0.717, 1.165) is 0 Å². The number of rotatable bonds is 16. The Bertz CT molecular complexity index is 939. The molecule has 14 nitrogen and oxygen atoms in total. The molecule has 38 heavy (non-hydrogen) atoms. The third kappa shape index (κ3) is 11.1. The fourth-order valence-corrected chi connectivity index (χ4v) is 3.25. The average Bonchev–Trinajstić information content (AvgIpc) is 2.88. The maximum Gasteiger partial charge on any atom is 0.328 e. The molecule has 2 amide bonds. The number of carbonyl (C=O) groups excluding carboxylic acids is 5. The summed E-state index contributed by atoms with van der Waals surface area (Å²) in [5, 5.41) is 24.5. The topological polar surface area (TPSA) is 210 Å². The van der Waals surface area contributed by atoms with E-state index in [4.69, 9.17) is 25.2 Å². The zero-order chi connectivity index (χ0) is 28.7.